The van der Waals surface area contributed by atoms with Gasteiger partial charge in [0.15, 0.2) is 0 Å². The number of hydrogen-bond donors (Lipinski definition) is 2. The van der Waals surface area contributed by atoms with E-state index in [2.05, 4.69) is 16.4 Å². The Kier molecular flexibility index (Phi) is 3.97. The molecule has 3 aromatic rings. The van der Waals surface area contributed by atoms with E-state index in [9.17, 15) is 10.1 Å². The van der Waals surface area contributed by atoms with E-state index in [0.29, 0.717) is 11.1 Å². The first-order chi connectivity index (χ1) is 10.7. The minimum absolute atomic E-state index is 0.0469. The number of carbonyl (C=O) groups is 1. The fourth-order valence-corrected chi connectivity index (χ4v) is 4.52. The molecule has 4 nitrogen and oxygen atoms in total. The van der Waals surface area contributed by atoms with E-state index < -0.39 is 0 Å². The minimum atomic E-state index is -0.101. The third kappa shape index (κ3) is 2.50. The molecule has 22 heavy (non-hydrogen) atoms. The number of nitriles is 1. The second-order valence-corrected chi connectivity index (χ2v) is 6.94. The number of carbonyl (C=O) groups excluding carboxylic acids is 1. The molecular formula is C17H13N3OSe. The fourth-order valence-electron chi connectivity index (χ4n) is 2.32. The molecule has 0 radical (unpaired) electrons. The molecule has 2 N–H and O–H groups in total. The van der Waals surface area contributed by atoms with Crippen LogP contribution in [0.5, 0.6) is 0 Å². The number of rotatable bonds is 3. The third-order valence-corrected chi connectivity index (χ3v) is 5.71. The maximum atomic E-state index is 12.1. The van der Waals surface area contributed by atoms with Crippen LogP contribution < -0.4 is 14.2 Å². The summed E-state index contributed by atoms with van der Waals surface area (Å²) in [5.41, 5.74) is 2.29. The summed E-state index contributed by atoms with van der Waals surface area (Å²) in [6.07, 6.45) is 1.94. The Morgan fingerprint density at radius 2 is 2.00 bits per heavy atom. The monoisotopic (exact) mass is 355 g/mol. The van der Waals surface area contributed by atoms with Gasteiger partial charge < -0.3 is 0 Å². The van der Waals surface area contributed by atoms with Crippen molar-refractivity contribution in [3.63, 3.8) is 0 Å². The number of nitrogens with zero attached hydrogens (tertiary/aromatic N) is 1. The van der Waals surface area contributed by atoms with E-state index in [1.54, 1.807) is 7.05 Å². The molecule has 0 fully saturated rings. The molecule has 1 amide bonds. The fraction of sp³-hybridized carbons (Fsp3) is 0.0588. The molecule has 0 bridgehead atoms. The number of aromatic nitrogens is 1. The standard InChI is InChI=1S/C17H13N3OSe/c1-19-17(21)12-6-4-7-13-16(12)15(10-20-13)22-14-8-3-2-5-11(14)9-18/h2-8,10,20H,1H3,(H,19,21). The van der Waals surface area contributed by atoms with Crippen LogP contribution in [-0.4, -0.2) is 32.9 Å². The van der Waals surface area contributed by atoms with Crippen LogP contribution >= 0.6 is 0 Å². The van der Waals surface area contributed by atoms with Crippen LogP contribution in [0.15, 0.2) is 48.7 Å². The van der Waals surface area contributed by atoms with Crippen LogP contribution in [0.4, 0.5) is 0 Å². The SMILES string of the molecule is CNC(=O)c1cccc2[nH]cc([Se]c3ccccc3C#N)c12. The van der Waals surface area contributed by atoms with Crippen LogP contribution in [-0.2, 0) is 0 Å². The molecule has 0 saturated heterocycles. The summed E-state index contributed by atoms with van der Waals surface area (Å²) in [7, 11) is 1.63. The van der Waals surface area contributed by atoms with Gasteiger partial charge in [-0.25, -0.2) is 0 Å². The van der Waals surface area contributed by atoms with Crippen molar-refractivity contribution < 1.29 is 4.79 Å². The van der Waals surface area contributed by atoms with Crippen molar-refractivity contribution in [1.29, 1.82) is 5.26 Å². The van der Waals surface area contributed by atoms with Gasteiger partial charge in [-0.1, -0.05) is 0 Å². The van der Waals surface area contributed by atoms with Crippen LogP contribution in [0.1, 0.15) is 15.9 Å². The van der Waals surface area contributed by atoms with E-state index in [1.807, 2.05) is 48.7 Å². The van der Waals surface area contributed by atoms with Gasteiger partial charge >= 0.3 is 134 Å². The van der Waals surface area contributed by atoms with E-state index >= 15 is 0 Å². The van der Waals surface area contributed by atoms with Gasteiger partial charge in [0.25, 0.3) is 0 Å². The number of nitrogens with one attached hydrogen (secondary N) is 2. The summed E-state index contributed by atoms with van der Waals surface area (Å²) in [6.45, 7) is 0. The van der Waals surface area contributed by atoms with E-state index in [4.69, 9.17) is 0 Å². The first kappa shape index (κ1) is 14.4. The number of H-pyrrole nitrogens is 1. The molecule has 2 aromatic carbocycles. The van der Waals surface area contributed by atoms with Gasteiger partial charge in [-0.2, -0.15) is 0 Å². The second kappa shape index (κ2) is 6.07. The molecule has 0 atom stereocenters. The molecule has 3 rings (SSSR count). The summed E-state index contributed by atoms with van der Waals surface area (Å²) in [6, 6.07) is 15.5. The van der Waals surface area contributed by atoms with Gasteiger partial charge in [-0.05, 0) is 0 Å². The number of fused-ring (bicyclic) bond motifs is 1. The summed E-state index contributed by atoms with van der Waals surface area (Å²) in [4.78, 5) is 15.3. The predicted molar refractivity (Wildman–Crippen MR) is 87.9 cm³/mol. The average Bonchev–Trinajstić information content (AvgIpc) is 2.98. The Balaban J connectivity index is 2.12. The maximum absolute atomic E-state index is 12.1. The summed E-state index contributed by atoms with van der Waals surface area (Å²) < 4.78 is 2.09. The number of hydrogen-bond acceptors (Lipinski definition) is 2. The molecule has 1 aromatic heterocycles. The number of amides is 1. The molecule has 1 heterocycles. The van der Waals surface area contributed by atoms with Gasteiger partial charge in [0, 0.05) is 0 Å². The zero-order valence-corrected chi connectivity index (χ0v) is 13.6. The van der Waals surface area contributed by atoms with Crippen LogP contribution in [0.25, 0.3) is 10.9 Å². The van der Waals surface area contributed by atoms with Crippen molar-refractivity contribution in [2.75, 3.05) is 7.05 Å². The van der Waals surface area contributed by atoms with Crippen LogP contribution in [0.2, 0.25) is 0 Å². The first-order valence-corrected chi connectivity index (χ1v) is 8.45. The van der Waals surface area contributed by atoms with Gasteiger partial charge in [0.05, 0.1) is 0 Å². The van der Waals surface area contributed by atoms with Gasteiger partial charge in [0.2, 0.25) is 0 Å². The summed E-state index contributed by atoms with van der Waals surface area (Å²) in [5, 5.41) is 12.8. The zero-order valence-electron chi connectivity index (χ0n) is 11.9. The Morgan fingerprint density at radius 3 is 2.77 bits per heavy atom. The van der Waals surface area contributed by atoms with Crippen molar-refractivity contribution in [1.82, 2.24) is 10.3 Å². The molecule has 0 aliphatic heterocycles. The number of aromatic amines is 1. The summed E-state index contributed by atoms with van der Waals surface area (Å²) >= 11 is -0.0469. The summed E-state index contributed by atoms with van der Waals surface area (Å²) in [5.74, 6) is -0.101. The van der Waals surface area contributed by atoms with Crippen molar-refractivity contribution in [2.45, 2.75) is 0 Å². The second-order valence-electron chi connectivity index (χ2n) is 4.67. The van der Waals surface area contributed by atoms with Crippen LogP contribution in [0, 0.1) is 11.3 Å². The van der Waals surface area contributed by atoms with Crippen molar-refractivity contribution in [3.8, 4) is 6.07 Å². The molecule has 0 spiro atoms. The molecule has 5 heteroatoms. The normalized spacial score (nSPS) is 10.4. The molecule has 0 unspecified atom stereocenters. The van der Waals surface area contributed by atoms with Gasteiger partial charge in [-0.15, -0.1) is 0 Å². The molecule has 0 aliphatic carbocycles. The van der Waals surface area contributed by atoms with Crippen molar-refractivity contribution in [2.24, 2.45) is 0 Å². The van der Waals surface area contributed by atoms with E-state index in [0.717, 1.165) is 19.8 Å². The quantitative estimate of drug-likeness (QED) is 0.691. The Hall–Kier alpha value is -2.54. The topological polar surface area (TPSA) is 68.7 Å². The predicted octanol–water partition coefficient (Wildman–Crippen LogP) is 1.05. The van der Waals surface area contributed by atoms with Crippen LogP contribution in [0.3, 0.4) is 0 Å². The van der Waals surface area contributed by atoms with Gasteiger partial charge in [-0.3, -0.25) is 0 Å². The molecule has 0 saturated carbocycles. The Bertz CT molecular complexity index is 892. The Labute approximate surface area is 134 Å². The number of benzene rings is 2. The third-order valence-electron chi connectivity index (χ3n) is 3.37. The Morgan fingerprint density at radius 1 is 1.18 bits per heavy atom. The molecule has 108 valence electrons. The van der Waals surface area contributed by atoms with Gasteiger partial charge in [0.1, 0.15) is 0 Å². The van der Waals surface area contributed by atoms with Crippen molar-refractivity contribution in [3.05, 3.63) is 59.8 Å². The first-order valence-electron chi connectivity index (χ1n) is 6.73. The zero-order chi connectivity index (χ0) is 15.5. The van der Waals surface area contributed by atoms with Crippen molar-refractivity contribution >= 4 is 40.7 Å². The van der Waals surface area contributed by atoms with E-state index in [1.165, 1.54) is 0 Å². The molecular weight excluding hydrogens is 341 g/mol. The average molecular weight is 354 g/mol. The molecule has 0 aliphatic rings. The van der Waals surface area contributed by atoms with E-state index in [-0.39, 0.29) is 20.9 Å².